The zero-order valence-corrected chi connectivity index (χ0v) is 14.7. The van der Waals surface area contributed by atoms with E-state index in [4.69, 9.17) is 4.52 Å². The second-order valence-electron chi connectivity index (χ2n) is 6.45. The molecule has 0 fully saturated rings. The summed E-state index contributed by atoms with van der Waals surface area (Å²) in [6, 6.07) is 21.0. The van der Waals surface area contributed by atoms with Crippen molar-refractivity contribution in [1.29, 1.82) is 0 Å². The Labute approximate surface area is 156 Å². The van der Waals surface area contributed by atoms with Crippen LogP contribution in [0.5, 0.6) is 0 Å². The molecule has 0 amide bonds. The van der Waals surface area contributed by atoms with Crippen molar-refractivity contribution in [3.8, 4) is 22.4 Å². The van der Waals surface area contributed by atoms with E-state index in [2.05, 4.69) is 12.1 Å². The Morgan fingerprint density at radius 1 is 0.778 bits per heavy atom. The maximum absolute atomic E-state index is 14.1. The van der Waals surface area contributed by atoms with Crippen molar-refractivity contribution in [2.45, 2.75) is 12.8 Å². The summed E-state index contributed by atoms with van der Waals surface area (Å²) in [7, 11) is 0. The van der Waals surface area contributed by atoms with Gasteiger partial charge in [0.2, 0.25) is 0 Å². The average molecular weight is 361 g/mol. The summed E-state index contributed by atoms with van der Waals surface area (Å²) in [5.41, 5.74) is 4.65. The van der Waals surface area contributed by atoms with Crippen molar-refractivity contribution in [2.75, 3.05) is 0 Å². The SMILES string of the molecule is CC(c1ccc(F)cc1)c1ccc(-c2nocc2-c2ccccc2F)cc1. The normalized spacial score (nSPS) is 12.1. The lowest BCUT2D eigenvalue weighted by atomic mass is 9.92. The van der Waals surface area contributed by atoms with Crippen LogP contribution in [0.2, 0.25) is 0 Å². The summed E-state index contributed by atoms with van der Waals surface area (Å²) in [6.45, 7) is 2.07. The molecule has 27 heavy (non-hydrogen) atoms. The van der Waals surface area contributed by atoms with E-state index in [9.17, 15) is 8.78 Å². The summed E-state index contributed by atoms with van der Waals surface area (Å²) in [5, 5.41) is 4.06. The topological polar surface area (TPSA) is 26.0 Å². The van der Waals surface area contributed by atoms with Gasteiger partial charge in [-0.3, -0.25) is 0 Å². The van der Waals surface area contributed by atoms with Gasteiger partial charge in [0.25, 0.3) is 0 Å². The highest BCUT2D eigenvalue weighted by molar-refractivity contribution is 5.80. The van der Waals surface area contributed by atoms with E-state index in [1.54, 1.807) is 30.3 Å². The Morgan fingerprint density at radius 2 is 1.41 bits per heavy atom. The van der Waals surface area contributed by atoms with E-state index in [-0.39, 0.29) is 17.6 Å². The summed E-state index contributed by atoms with van der Waals surface area (Å²) < 4.78 is 32.4. The zero-order chi connectivity index (χ0) is 18.8. The smallest absolute Gasteiger partial charge is 0.132 e. The van der Waals surface area contributed by atoms with Crippen molar-refractivity contribution >= 4 is 0 Å². The molecule has 2 nitrogen and oxygen atoms in total. The van der Waals surface area contributed by atoms with Gasteiger partial charge in [-0.15, -0.1) is 0 Å². The van der Waals surface area contributed by atoms with Crippen LogP contribution >= 0.6 is 0 Å². The molecule has 1 atom stereocenters. The van der Waals surface area contributed by atoms with Crippen molar-refractivity contribution < 1.29 is 13.3 Å². The van der Waals surface area contributed by atoms with Crippen molar-refractivity contribution in [3.05, 3.63) is 102 Å². The molecular formula is C23H17F2NO. The Hall–Kier alpha value is -3.27. The van der Waals surface area contributed by atoms with Gasteiger partial charge in [-0.05, 0) is 29.3 Å². The summed E-state index contributed by atoms with van der Waals surface area (Å²) in [5.74, 6) is -0.431. The van der Waals surface area contributed by atoms with Gasteiger partial charge in [0, 0.05) is 17.0 Å². The number of benzene rings is 3. The first-order valence-electron chi connectivity index (χ1n) is 8.68. The predicted octanol–water partition coefficient (Wildman–Crippen LogP) is 6.44. The van der Waals surface area contributed by atoms with Gasteiger partial charge >= 0.3 is 0 Å². The van der Waals surface area contributed by atoms with Crippen LogP contribution in [0.25, 0.3) is 22.4 Å². The van der Waals surface area contributed by atoms with Crippen LogP contribution < -0.4 is 0 Å². The molecule has 1 aromatic heterocycles. The highest BCUT2D eigenvalue weighted by Gasteiger charge is 2.16. The largest absolute Gasteiger partial charge is 0.363 e. The minimum absolute atomic E-state index is 0.128. The molecule has 0 N–H and O–H groups in total. The molecule has 4 heteroatoms. The first-order valence-corrected chi connectivity index (χ1v) is 8.68. The standard InChI is InChI=1S/C23H17F2NO/c1-15(17-10-12-19(24)13-11-17)16-6-8-18(9-7-16)23-21(14-27-26-23)20-4-2-3-5-22(20)25/h2-15H,1H3. The van der Waals surface area contributed by atoms with Gasteiger partial charge in [0.15, 0.2) is 0 Å². The van der Waals surface area contributed by atoms with E-state index >= 15 is 0 Å². The van der Waals surface area contributed by atoms with Crippen LogP contribution in [0, 0.1) is 11.6 Å². The molecule has 4 aromatic rings. The van der Waals surface area contributed by atoms with Gasteiger partial charge in [-0.1, -0.05) is 66.7 Å². The zero-order valence-electron chi connectivity index (χ0n) is 14.7. The van der Waals surface area contributed by atoms with Crippen molar-refractivity contribution in [3.63, 3.8) is 0 Å². The quantitative estimate of drug-likeness (QED) is 0.418. The van der Waals surface area contributed by atoms with E-state index in [1.807, 2.05) is 24.3 Å². The highest BCUT2D eigenvalue weighted by atomic mass is 19.1. The molecule has 0 aliphatic rings. The van der Waals surface area contributed by atoms with Crippen LogP contribution in [-0.4, -0.2) is 5.16 Å². The van der Waals surface area contributed by atoms with Gasteiger partial charge < -0.3 is 4.52 Å². The predicted molar refractivity (Wildman–Crippen MR) is 101 cm³/mol. The molecule has 1 unspecified atom stereocenters. The Morgan fingerprint density at radius 3 is 2.07 bits per heavy atom. The molecule has 0 saturated carbocycles. The lowest BCUT2D eigenvalue weighted by molar-refractivity contribution is 0.422. The fraction of sp³-hybridized carbons (Fsp3) is 0.0870. The molecule has 4 rings (SSSR count). The second kappa shape index (κ2) is 7.16. The van der Waals surface area contributed by atoms with E-state index < -0.39 is 0 Å². The van der Waals surface area contributed by atoms with Crippen LogP contribution in [0.3, 0.4) is 0 Å². The number of rotatable bonds is 4. The van der Waals surface area contributed by atoms with Crippen LogP contribution in [0.1, 0.15) is 24.0 Å². The third-order valence-corrected chi connectivity index (χ3v) is 4.79. The minimum Gasteiger partial charge on any atom is -0.363 e. The van der Waals surface area contributed by atoms with Gasteiger partial charge in [0.1, 0.15) is 23.6 Å². The summed E-state index contributed by atoms with van der Waals surface area (Å²) >= 11 is 0. The maximum Gasteiger partial charge on any atom is 0.132 e. The molecule has 0 saturated heterocycles. The average Bonchev–Trinajstić information content (AvgIpc) is 3.18. The monoisotopic (exact) mass is 361 g/mol. The van der Waals surface area contributed by atoms with Crippen molar-refractivity contribution in [2.24, 2.45) is 0 Å². The maximum atomic E-state index is 14.1. The van der Waals surface area contributed by atoms with Crippen molar-refractivity contribution in [1.82, 2.24) is 5.16 Å². The molecule has 1 heterocycles. The molecule has 0 aliphatic heterocycles. The van der Waals surface area contributed by atoms with E-state index in [0.29, 0.717) is 16.8 Å². The molecule has 0 radical (unpaired) electrons. The number of aromatic nitrogens is 1. The first-order chi connectivity index (χ1) is 13.1. The Bertz CT molecular complexity index is 1050. The number of hydrogen-bond donors (Lipinski definition) is 0. The lowest BCUT2D eigenvalue weighted by Crippen LogP contribution is -1.96. The second-order valence-corrected chi connectivity index (χ2v) is 6.45. The summed E-state index contributed by atoms with van der Waals surface area (Å²) in [4.78, 5) is 0. The third kappa shape index (κ3) is 3.38. The minimum atomic E-state index is -0.316. The summed E-state index contributed by atoms with van der Waals surface area (Å²) in [6.07, 6.45) is 1.46. The van der Waals surface area contributed by atoms with E-state index in [0.717, 1.165) is 16.7 Å². The van der Waals surface area contributed by atoms with E-state index in [1.165, 1.54) is 24.5 Å². The number of nitrogens with zero attached hydrogens (tertiary/aromatic N) is 1. The van der Waals surface area contributed by atoms with Gasteiger partial charge in [-0.25, -0.2) is 8.78 Å². The third-order valence-electron chi connectivity index (χ3n) is 4.79. The molecule has 3 aromatic carbocycles. The molecule has 0 spiro atoms. The van der Waals surface area contributed by atoms with Gasteiger partial charge in [-0.2, -0.15) is 0 Å². The Kier molecular flexibility index (Phi) is 4.55. The fourth-order valence-electron chi connectivity index (χ4n) is 3.19. The first kappa shape index (κ1) is 17.2. The molecule has 0 bridgehead atoms. The number of hydrogen-bond acceptors (Lipinski definition) is 2. The molecular weight excluding hydrogens is 344 g/mol. The Balaban J connectivity index is 1.65. The highest BCUT2D eigenvalue weighted by Crippen LogP contribution is 2.33. The van der Waals surface area contributed by atoms with Gasteiger partial charge in [0.05, 0.1) is 5.56 Å². The van der Waals surface area contributed by atoms with Crippen LogP contribution in [0.15, 0.2) is 83.6 Å². The number of halogens is 2. The van der Waals surface area contributed by atoms with Crippen LogP contribution in [-0.2, 0) is 0 Å². The lowest BCUT2D eigenvalue weighted by Gasteiger charge is -2.13. The molecule has 134 valence electrons. The van der Waals surface area contributed by atoms with Crippen LogP contribution in [0.4, 0.5) is 8.78 Å². The fourth-order valence-corrected chi connectivity index (χ4v) is 3.19. The molecule has 0 aliphatic carbocycles.